The molecule has 1 aromatic rings. The number of rotatable bonds is 7. The second-order valence-electron chi connectivity index (χ2n) is 5.12. The minimum absolute atomic E-state index is 0.0121. The van der Waals surface area contributed by atoms with E-state index in [4.69, 9.17) is 0 Å². The molecule has 2 heteroatoms. The smallest absolute Gasteiger partial charge is 0.185 e. The molecule has 1 aromatic heterocycles. The van der Waals surface area contributed by atoms with Crippen molar-refractivity contribution < 1.29 is 4.79 Å². The fourth-order valence-corrected chi connectivity index (χ4v) is 1.87. The Hall–Kier alpha value is -2.48. The van der Waals surface area contributed by atoms with Gasteiger partial charge < -0.3 is 0 Å². The van der Waals surface area contributed by atoms with E-state index in [2.05, 4.69) is 18.1 Å². The maximum absolute atomic E-state index is 12.3. The number of carbonyl (C=O) groups excluding carboxylic acids is 1. The number of Topliss-reactive ketones (excluding diaryl/α,β-unsaturated/α-hetero) is 1. The van der Waals surface area contributed by atoms with Crippen molar-refractivity contribution in [3.63, 3.8) is 0 Å². The van der Waals surface area contributed by atoms with Crippen molar-refractivity contribution in [2.75, 3.05) is 0 Å². The summed E-state index contributed by atoms with van der Waals surface area (Å²) in [5.74, 6) is -0.0121. The summed E-state index contributed by atoms with van der Waals surface area (Å²) < 4.78 is 0. The lowest BCUT2D eigenvalue weighted by atomic mass is 10.0. The van der Waals surface area contributed by atoms with Crippen LogP contribution in [0, 0.1) is 6.92 Å². The predicted molar refractivity (Wildman–Crippen MR) is 93.9 cm³/mol. The molecule has 0 aliphatic heterocycles. The van der Waals surface area contributed by atoms with Crippen LogP contribution in [0.15, 0.2) is 78.5 Å². The first kappa shape index (κ1) is 17.6. The van der Waals surface area contributed by atoms with E-state index in [0.29, 0.717) is 5.69 Å². The quantitative estimate of drug-likeness (QED) is 0.514. The molecule has 0 fully saturated rings. The van der Waals surface area contributed by atoms with Crippen molar-refractivity contribution in [2.24, 2.45) is 0 Å². The molecule has 1 rings (SSSR count). The number of allylic oxidation sites excluding steroid dienone is 8. The summed E-state index contributed by atoms with van der Waals surface area (Å²) in [5.41, 5.74) is 4.11. The Balaban J connectivity index is 3.01. The van der Waals surface area contributed by atoms with Gasteiger partial charge >= 0.3 is 0 Å². The highest BCUT2D eigenvalue weighted by atomic mass is 16.1. The maximum Gasteiger partial charge on any atom is 0.185 e. The lowest BCUT2D eigenvalue weighted by molar-refractivity contribution is 0.0989. The Morgan fingerprint density at radius 2 is 2.09 bits per heavy atom. The summed E-state index contributed by atoms with van der Waals surface area (Å²) in [6, 6.07) is 5.46. The molecule has 114 valence electrons. The first-order chi connectivity index (χ1) is 10.5. The van der Waals surface area contributed by atoms with Crippen molar-refractivity contribution in [1.82, 2.24) is 4.98 Å². The van der Waals surface area contributed by atoms with Gasteiger partial charge in [-0.2, -0.15) is 0 Å². The van der Waals surface area contributed by atoms with Gasteiger partial charge in [-0.1, -0.05) is 55.2 Å². The third kappa shape index (κ3) is 5.49. The van der Waals surface area contributed by atoms with Gasteiger partial charge in [0.1, 0.15) is 5.69 Å². The minimum Gasteiger partial charge on any atom is -0.292 e. The van der Waals surface area contributed by atoms with E-state index in [1.807, 2.05) is 57.2 Å². The van der Waals surface area contributed by atoms with Crippen molar-refractivity contribution >= 4 is 5.78 Å². The van der Waals surface area contributed by atoms with Gasteiger partial charge in [0.05, 0.1) is 0 Å². The molecule has 0 amide bonds. The molecule has 0 unspecified atom stereocenters. The highest BCUT2D eigenvalue weighted by Crippen LogP contribution is 2.16. The van der Waals surface area contributed by atoms with E-state index in [1.54, 1.807) is 12.1 Å². The number of hydrogen-bond donors (Lipinski definition) is 0. The van der Waals surface area contributed by atoms with Gasteiger partial charge in [0.2, 0.25) is 0 Å². The van der Waals surface area contributed by atoms with Gasteiger partial charge in [-0.05, 0) is 44.1 Å². The first-order valence-corrected chi connectivity index (χ1v) is 7.26. The first-order valence-electron chi connectivity index (χ1n) is 7.26. The Morgan fingerprint density at radius 3 is 2.64 bits per heavy atom. The third-order valence-electron chi connectivity index (χ3n) is 3.10. The van der Waals surface area contributed by atoms with Crippen molar-refractivity contribution in [3.8, 4) is 0 Å². The summed E-state index contributed by atoms with van der Waals surface area (Å²) in [5, 5.41) is 0. The van der Waals surface area contributed by atoms with Crippen LogP contribution < -0.4 is 0 Å². The minimum atomic E-state index is -0.0121. The van der Waals surface area contributed by atoms with Crippen LogP contribution in [-0.2, 0) is 0 Å². The van der Waals surface area contributed by atoms with Crippen molar-refractivity contribution in [2.45, 2.75) is 27.2 Å². The third-order valence-corrected chi connectivity index (χ3v) is 3.10. The zero-order chi connectivity index (χ0) is 16.5. The summed E-state index contributed by atoms with van der Waals surface area (Å²) in [4.78, 5) is 16.6. The molecular weight excluding hydrogens is 270 g/mol. The average molecular weight is 293 g/mol. The Labute approximate surface area is 133 Å². The largest absolute Gasteiger partial charge is 0.292 e. The Kier molecular flexibility index (Phi) is 6.97. The summed E-state index contributed by atoms with van der Waals surface area (Å²) >= 11 is 0. The summed E-state index contributed by atoms with van der Waals surface area (Å²) in [6.07, 6.45) is 9.81. The van der Waals surface area contributed by atoms with Crippen LogP contribution in [0.3, 0.4) is 0 Å². The van der Waals surface area contributed by atoms with Gasteiger partial charge in [0.15, 0.2) is 5.78 Å². The van der Waals surface area contributed by atoms with E-state index in [1.165, 1.54) is 0 Å². The molecule has 0 aliphatic carbocycles. The number of aryl methyl sites for hydroxylation is 1. The number of ketones is 1. The SMILES string of the molecule is C=C\C(=C/C(=C/C=C\C)C(=C)C)CC(=O)c1cccc(C)n1. The van der Waals surface area contributed by atoms with Crippen molar-refractivity contribution in [1.29, 1.82) is 0 Å². The van der Waals surface area contributed by atoms with Gasteiger partial charge in [-0.25, -0.2) is 0 Å². The van der Waals surface area contributed by atoms with Crippen LogP contribution >= 0.6 is 0 Å². The molecule has 0 saturated heterocycles. The van der Waals surface area contributed by atoms with Crippen LogP contribution in [-0.4, -0.2) is 10.8 Å². The molecule has 0 bridgehead atoms. The zero-order valence-corrected chi connectivity index (χ0v) is 13.6. The van der Waals surface area contributed by atoms with E-state index in [9.17, 15) is 4.79 Å². The van der Waals surface area contributed by atoms with Gasteiger partial charge in [-0.15, -0.1) is 0 Å². The van der Waals surface area contributed by atoms with Crippen LogP contribution in [0.25, 0.3) is 0 Å². The average Bonchev–Trinajstić information content (AvgIpc) is 2.49. The second kappa shape index (κ2) is 8.73. The molecule has 0 N–H and O–H groups in total. The topological polar surface area (TPSA) is 30.0 Å². The molecular formula is C20H23NO. The maximum atomic E-state index is 12.3. The lowest BCUT2D eigenvalue weighted by Crippen LogP contribution is -2.04. The summed E-state index contributed by atoms with van der Waals surface area (Å²) in [6.45, 7) is 13.5. The van der Waals surface area contributed by atoms with Crippen LogP contribution in [0.2, 0.25) is 0 Å². The van der Waals surface area contributed by atoms with E-state index in [0.717, 1.165) is 22.4 Å². The number of pyridine rings is 1. The van der Waals surface area contributed by atoms with Crippen LogP contribution in [0.5, 0.6) is 0 Å². The van der Waals surface area contributed by atoms with Crippen LogP contribution in [0.4, 0.5) is 0 Å². The molecule has 0 saturated carbocycles. The summed E-state index contributed by atoms with van der Waals surface area (Å²) in [7, 11) is 0. The molecule has 0 aliphatic rings. The van der Waals surface area contributed by atoms with Gasteiger partial charge in [0, 0.05) is 12.1 Å². The highest BCUT2D eigenvalue weighted by molar-refractivity contribution is 5.96. The van der Waals surface area contributed by atoms with E-state index in [-0.39, 0.29) is 12.2 Å². The van der Waals surface area contributed by atoms with Gasteiger partial charge in [-0.3, -0.25) is 9.78 Å². The molecule has 0 atom stereocenters. The fourth-order valence-electron chi connectivity index (χ4n) is 1.87. The monoisotopic (exact) mass is 293 g/mol. The van der Waals surface area contributed by atoms with E-state index >= 15 is 0 Å². The number of hydrogen-bond acceptors (Lipinski definition) is 2. The Bertz CT molecular complexity index is 660. The van der Waals surface area contributed by atoms with Crippen molar-refractivity contribution in [3.05, 3.63) is 89.8 Å². The predicted octanol–water partition coefficient (Wildman–Crippen LogP) is 5.15. The molecule has 0 aromatic carbocycles. The van der Waals surface area contributed by atoms with Gasteiger partial charge in [0.25, 0.3) is 0 Å². The molecule has 0 spiro atoms. The Morgan fingerprint density at radius 1 is 1.36 bits per heavy atom. The molecule has 2 nitrogen and oxygen atoms in total. The molecule has 0 radical (unpaired) electrons. The lowest BCUT2D eigenvalue weighted by Gasteiger charge is -2.05. The highest BCUT2D eigenvalue weighted by Gasteiger charge is 2.09. The van der Waals surface area contributed by atoms with E-state index < -0.39 is 0 Å². The fraction of sp³-hybridized carbons (Fsp3) is 0.200. The second-order valence-corrected chi connectivity index (χ2v) is 5.12. The standard InChI is InChI=1S/C20H23NO/c1-6-8-11-18(15(3)4)13-17(7-2)14-20(22)19-12-9-10-16(5)21-19/h6-13H,2-3,14H2,1,4-5H3/b8-6-,17-13+,18-11-. The molecule has 1 heterocycles. The molecule has 22 heavy (non-hydrogen) atoms. The number of carbonyl (C=O) groups is 1. The van der Waals surface area contributed by atoms with Crippen LogP contribution in [0.1, 0.15) is 36.5 Å². The normalized spacial score (nSPS) is 12.5. The number of nitrogens with zero attached hydrogens (tertiary/aromatic N) is 1. The number of aromatic nitrogens is 1. The zero-order valence-electron chi connectivity index (χ0n) is 13.6.